The van der Waals surface area contributed by atoms with Crippen LogP contribution in [0.1, 0.15) is 36.8 Å². The molecule has 0 aliphatic carbocycles. The Kier molecular flexibility index (Phi) is 10.8. The molecule has 2 aromatic carbocycles. The van der Waals surface area contributed by atoms with Gasteiger partial charge in [-0.1, -0.05) is 59.6 Å². The van der Waals surface area contributed by atoms with E-state index in [-0.39, 0.29) is 23.9 Å². The number of benzene rings is 2. The van der Waals surface area contributed by atoms with Crippen molar-refractivity contribution >= 4 is 35.0 Å². The van der Waals surface area contributed by atoms with Gasteiger partial charge in [-0.2, -0.15) is 0 Å². The van der Waals surface area contributed by atoms with Crippen LogP contribution in [0.25, 0.3) is 33.6 Å². The minimum Gasteiger partial charge on any atom is -0.496 e. The lowest BCUT2D eigenvalue weighted by molar-refractivity contribution is -0.120. The molecule has 4 aromatic rings. The third-order valence-corrected chi connectivity index (χ3v) is 9.52. The molecule has 4 N–H and O–H groups in total. The van der Waals surface area contributed by atoms with Crippen LogP contribution in [-0.4, -0.2) is 61.2 Å². The van der Waals surface area contributed by atoms with Crippen LogP contribution in [0, 0.1) is 0 Å². The molecule has 2 amide bonds. The quantitative estimate of drug-likeness (QED) is 0.144. The minimum absolute atomic E-state index is 0.0969. The monoisotopic (exact) mass is 688 g/mol. The maximum atomic E-state index is 11.5. The Morgan fingerprint density at radius 1 is 0.792 bits per heavy atom. The summed E-state index contributed by atoms with van der Waals surface area (Å²) in [5, 5.41) is 13.7. The number of amides is 2. The standard InChI is InChI=1S/C36H38Cl2N6O4/c1-47-30-16-21(6-7-22(30)17-39-19-24-9-12-31(45)42-24)26-14-15-41-35(34(26)38)28-5-3-4-27(33(28)37)29-11-8-23(36(44-29)48-2)18-40-20-25-10-13-32(46)43-25/h3-8,11,14-16,24-25,39-40H,9-10,12-13,17-20H2,1-2H3,(H,42,45)(H,43,46). The lowest BCUT2D eigenvalue weighted by Gasteiger charge is -2.16. The summed E-state index contributed by atoms with van der Waals surface area (Å²) >= 11 is 14.1. The van der Waals surface area contributed by atoms with Gasteiger partial charge >= 0.3 is 0 Å². The third kappa shape index (κ3) is 7.57. The summed E-state index contributed by atoms with van der Waals surface area (Å²) in [6.45, 7) is 2.52. The van der Waals surface area contributed by atoms with E-state index in [0.717, 1.165) is 46.4 Å². The van der Waals surface area contributed by atoms with Crippen LogP contribution in [-0.2, 0) is 22.7 Å². The Morgan fingerprint density at radius 2 is 1.46 bits per heavy atom. The van der Waals surface area contributed by atoms with E-state index >= 15 is 0 Å². The molecular formula is C36H38Cl2N6O4. The molecule has 0 radical (unpaired) electrons. The van der Waals surface area contributed by atoms with Crippen LogP contribution in [0.5, 0.6) is 11.6 Å². The van der Waals surface area contributed by atoms with Crippen LogP contribution in [0.3, 0.4) is 0 Å². The molecule has 2 aromatic heterocycles. The summed E-state index contributed by atoms with van der Waals surface area (Å²) in [5.41, 5.74) is 6.18. The Hall–Kier alpha value is -4.22. The van der Waals surface area contributed by atoms with Gasteiger partial charge in [-0.3, -0.25) is 14.6 Å². The van der Waals surface area contributed by atoms with E-state index in [0.29, 0.717) is 71.9 Å². The Bertz CT molecular complexity index is 1690. The molecule has 10 nitrogen and oxygen atoms in total. The van der Waals surface area contributed by atoms with Gasteiger partial charge in [0.1, 0.15) is 5.75 Å². The Morgan fingerprint density at radius 3 is 2.10 bits per heavy atom. The zero-order valence-corrected chi connectivity index (χ0v) is 28.4. The lowest BCUT2D eigenvalue weighted by Crippen LogP contribution is -2.35. The molecule has 12 heteroatoms. The molecule has 0 saturated carbocycles. The number of pyridine rings is 2. The normalized spacial score (nSPS) is 17.3. The van der Waals surface area contributed by atoms with Gasteiger partial charge in [-0.25, -0.2) is 4.98 Å². The van der Waals surface area contributed by atoms with Crippen molar-refractivity contribution in [2.75, 3.05) is 27.3 Å². The summed E-state index contributed by atoms with van der Waals surface area (Å²) < 4.78 is 11.4. The second-order valence-corrected chi connectivity index (χ2v) is 12.7. The molecule has 2 atom stereocenters. The van der Waals surface area contributed by atoms with Crippen LogP contribution in [0.15, 0.2) is 60.8 Å². The van der Waals surface area contributed by atoms with Gasteiger partial charge < -0.3 is 30.7 Å². The number of carbonyl (C=O) groups excluding carboxylic acids is 2. The van der Waals surface area contributed by atoms with Crippen molar-refractivity contribution in [2.45, 2.75) is 50.9 Å². The van der Waals surface area contributed by atoms with E-state index in [1.165, 1.54) is 0 Å². The van der Waals surface area contributed by atoms with Crippen molar-refractivity contribution in [3.8, 4) is 45.3 Å². The number of halogens is 2. The number of ether oxygens (including phenoxy) is 2. The van der Waals surface area contributed by atoms with Crippen LogP contribution >= 0.6 is 23.2 Å². The van der Waals surface area contributed by atoms with Crippen LogP contribution in [0.4, 0.5) is 0 Å². The van der Waals surface area contributed by atoms with Gasteiger partial charge in [0.25, 0.3) is 0 Å². The van der Waals surface area contributed by atoms with Crippen LogP contribution in [0.2, 0.25) is 10.0 Å². The van der Waals surface area contributed by atoms with E-state index in [4.69, 9.17) is 37.7 Å². The van der Waals surface area contributed by atoms with E-state index in [2.05, 4.69) is 26.3 Å². The van der Waals surface area contributed by atoms with E-state index in [1.54, 1.807) is 20.4 Å². The molecule has 6 rings (SSSR count). The largest absolute Gasteiger partial charge is 0.496 e. The zero-order valence-electron chi connectivity index (χ0n) is 26.9. The number of rotatable bonds is 13. The van der Waals surface area contributed by atoms with Crippen molar-refractivity contribution in [1.29, 1.82) is 0 Å². The van der Waals surface area contributed by atoms with E-state index in [9.17, 15) is 9.59 Å². The van der Waals surface area contributed by atoms with Crippen LogP contribution < -0.4 is 30.7 Å². The minimum atomic E-state index is 0.0969. The van der Waals surface area contributed by atoms with E-state index in [1.807, 2.05) is 54.6 Å². The first-order chi connectivity index (χ1) is 23.3. The Labute approximate surface area is 289 Å². The molecule has 2 fully saturated rings. The van der Waals surface area contributed by atoms with Gasteiger partial charge in [0.05, 0.1) is 35.7 Å². The highest BCUT2D eigenvalue weighted by atomic mass is 35.5. The fourth-order valence-corrected chi connectivity index (χ4v) is 6.81. The number of nitrogens with zero attached hydrogens (tertiary/aromatic N) is 2. The summed E-state index contributed by atoms with van der Waals surface area (Å²) in [6.07, 6.45) is 4.55. The fraction of sp³-hybridized carbons (Fsp3) is 0.333. The molecule has 4 heterocycles. The van der Waals surface area contributed by atoms with Crippen molar-refractivity contribution in [1.82, 2.24) is 31.2 Å². The number of hydrogen-bond donors (Lipinski definition) is 4. The smallest absolute Gasteiger partial charge is 0.220 e. The topological polar surface area (TPSA) is 126 Å². The fourth-order valence-electron chi connectivity index (χ4n) is 6.18. The van der Waals surface area contributed by atoms with Gasteiger partial charge in [-0.15, -0.1) is 0 Å². The summed E-state index contributed by atoms with van der Waals surface area (Å²) in [7, 11) is 3.24. The highest BCUT2D eigenvalue weighted by Crippen LogP contribution is 2.42. The summed E-state index contributed by atoms with van der Waals surface area (Å²) in [4.78, 5) is 32.4. The SMILES string of the molecule is COc1cc(-c2ccnc(-c3cccc(-c4ccc(CNCC5CCC(=O)N5)c(OC)n4)c3Cl)c2Cl)ccc1CNCC1CCC(=O)N1. The number of aromatic nitrogens is 2. The first-order valence-electron chi connectivity index (χ1n) is 16.0. The third-order valence-electron chi connectivity index (χ3n) is 8.73. The average molecular weight is 690 g/mol. The molecule has 2 unspecified atom stereocenters. The lowest BCUT2D eigenvalue weighted by atomic mass is 9.99. The second-order valence-electron chi connectivity index (χ2n) is 11.9. The molecule has 2 aliphatic rings. The maximum Gasteiger partial charge on any atom is 0.220 e. The Balaban J connectivity index is 1.20. The van der Waals surface area contributed by atoms with Crippen molar-refractivity contribution in [3.63, 3.8) is 0 Å². The van der Waals surface area contributed by atoms with Gasteiger partial charge in [-0.05, 0) is 36.6 Å². The summed E-state index contributed by atoms with van der Waals surface area (Å²) in [5.74, 6) is 1.43. The zero-order chi connectivity index (χ0) is 33.6. The molecule has 48 heavy (non-hydrogen) atoms. The molecule has 2 saturated heterocycles. The van der Waals surface area contributed by atoms with Crippen molar-refractivity contribution < 1.29 is 19.1 Å². The molecule has 250 valence electrons. The first-order valence-corrected chi connectivity index (χ1v) is 16.7. The van der Waals surface area contributed by atoms with Crippen molar-refractivity contribution in [2.24, 2.45) is 0 Å². The predicted octanol–water partition coefficient (Wildman–Crippen LogP) is 5.54. The average Bonchev–Trinajstić information content (AvgIpc) is 3.72. The highest BCUT2D eigenvalue weighted by molar-refractivity contribution is 6.39. The summed E-state index contributed by atoms with van der Waals surface area (Å²) in [6, 6.07) is 17.7. The predicted molar refractivity (Wildman–Crippen MR) is 187 cm³/mol. The number of nitrogens with one attached hydrogen (secondary N) is 4. The van der Waals surface area contributed by atoms with Gasteiger partial charge in [0.2, 0.25) is 17.7 Å². The maximum absolute atomic E-state index is 11.5. The molecule has 0 bridgehead atoms. The number of hydrogen-bond acceptors (Lipinski definition) is 8. The van der Waals surface area contributed by atoms with Crippen molar-refractivity contribution in [3.05, 3.63) is 82.0 Å². The second kappa shape index (κ2) is 15.3. The number of methoxy groups -OCH3 is 2. The molecular weight excluding hydrogens is 651 g/mol. The van der Waals surface area contributed by atoms with Gasteiger partial charge in [0.15, 0.2) is 0 Å². The first kappa shape index (κ1) is 33.7. The molecule has 0 spiro atoms. The molecule has 2 aliphatic heterocycles. The number of carbonyl (C=O) groups is 2. The van der Waals surface area contributed by atoms with E-state index < -0.39 is 0 Å². The highest BCUT2D eigenvalue weighted by Gasteiger charge is 2.22. The van der Waals surface area contributed by atoms with Gasteiger partial charge in [0, 0.05) is 85.1 Å².